The number of nitrogens with one attached hydrogen (secondary N) is 1. The first kappa shape index (κ1) is 10.2. The molecule has 5 heteroatoms. The summed E-state index contributed by atoms with van der Waals surface area (Å²) in [6.07, 6.45) is 3.77. The van der Waals surface area contributed by atoms with Crippen LogP contribution in [-0.4, -0.2) is 17.5 Å². The Morgan fingerprint density at radius 3 is 2.83 bits per heavy atom. The first-order chi connectivity index (χ1) is 5.64. The fourth-order valence-electron chi connectivity index (χ4n) is 0.810. The second-order valence-corrected chi connectivity index (χ2v) is 4.65. The van der Waals surface area contributed by atoms with Crippen molar-refractivity contribution in [2.75, 3.05) is 6.54 Å². The maximum absolute atomic E-state index is 11.2. The van der Waals surface area contributed by atoms with Crippen LogP contribution < -0.4 is 5.09 Å². The second kappa shape index (κ2) is 4.38. The molecule has 4 nitrogen and oxygen atoms in total. The zero-order valence-electron chi connectivity index (χ0n) is 7.32. The van der Waals surface area contributed by atoms with E-state index in [1.165, 1.54) is 0 Å². The van der Waals surface area contributed by atoms with Crippen LogP contribution in [0.25, 0.3) is 0 Å². The highest BCUT2D eigenvalue weighted by atomic mass is 31.2. The van der Waals surface area contributed by atoms with Crippen LogP contribution in [-0.2, 0) is 9.09 Å². The summed E-state index contributed by atoms with van der Waals surface area (Å²) in [5, 5.41) is 2.52. The van der Waals surface area contributed by atoms with Crippen LogP contribution in [0.3, 0.4) is 0 Å². The van der Waals surface area contributed by atoms with E-state index in [0.717, 1.165) is 25.7 Å². The molecule has 1 rings (SSSR count). The summed E-state index contributed by atoms with van der Waals surface area (Å²) in [5.41, 5.74) is 0. The zero-order valence-corrected chi connectivity index (χ0v) is 8.22. The molecule has 0 spiro atoms. The normalized spacial score (nSPS) is 22.2. The van der Waals surface area contributed by atoms with Gasteiger partial charge in [0.1, 0.15) is 0 Å². The van der Waals surface area contributed by atoms with E-state index < -0.39 is 7.75 Å². The van der Waals surface area contributed by atoms with Gasteiger partial charge in [0.25, 0.3) is 0 Å². The summed E-state index contributed by atoms with van der Waals surface area (Å²) in [7, 11) is -3.47. The molecule has 0 amide bonds. The first-order valence-corrected chi connectivity index (χ1v) is 5.98. The van der Waals surface area contributed by atoms with E-state index >= 15 is 0 Å². The smallest absolute Gasteiger partial charge is 0.312 e. The van der Waals surface area contributed by atoms with E-state index in [1.54, 1.807) is 0 Å². The van der Waals surface area contributed by atoms with Crippen molar-refractivity contribution in [1.82, 2.24) is 5.09 Å². The Bertz CT molecular complexity index is 181. The quantitative estimate of drug-likeness (QED) is 0.497. The van der Waals surface area contributed by atoms with Crippen molar-refractivity contribution in [3.05, 3.63) is 0 Å². The minimum absolute atomic E-state index is 0.0231. The van der Waals surface area contributed by atoms with E-state index in [9.17, 15) is 9.46 Å². The molecule has 72 valence electrons. The summed E-state index contributed by atoms with van der Waals surface area (Å²) in [6, 6.07) is 0. The largest absolute Gasteiger partial charge is 0.403 e. The lowest BCUT2D eigenvalue weighted by Crippen LogP contribution is -2.14. The highest BCUT2D eigenvalue weighted by molar-refractivity contribution is 7.50. The number of rotatable bonds is 6. The molecule has 12 heavy (non-hydrogen) atoms. The van der Waals surface area contributed by atoms with Crippen LogP contribution in [0.1, 0.15) is 32.6 Å². The van der Waals surface area contributed by atoms with Crippen molar-refractivity contribution in [2.24, 2.45) is 0 Å². The van der Waals surface area contributed by atoms with Gasteiger partial charge in [-0.05, 0) is 19.3 Å². The predicted octanol–water partition coefficient (Wildman–Crippen LogP) is 1.66. The van der Waals surface area contributed by atoms with Gasteiger partial charge in [0.2, 0.25) is 0 Å². The Balaban J connectivity index is 2.13. The van der Waals surface area contributed by atoms with E-state index in [4.69, 9.17) is 4.52 Å². The van der Waals surface area contributed by atoms with Crippen molar-refractivity contribution in [3.63, 3.8) is 0 Å². The van der Waals surface area contributed by atoms with Gasteiger partial charge in [-0.15, -0.1) is 0 Å². The number of unbranched alkanes of at least 4 members (excludes halogenated alkanes) is 1. The van der Waals surface area contributed by atoms with Crippen molar-refractivity contribution >= 4 is 7.75 Å². The van der Waals surface area contributed by atoms with Gasteiger partial charge in [0, 0.05) is 6.54 Å². The Morgan fingerprint density at radius 1 is 1.67 bits per heavy atom. The third-order valence-corrected chi connectivity index (χ3v) is 2.87. The second-order valence-electron chi connectivity index (χ2n) is 3.09. The monoisotopic (exact) mass is 193 g/mol. The first-order valence-electron chi connectivity index (χ1n) is 4.40. The van der Waals surface area contributed by atoms with Crippen LogP contribution in [0.4, 0.5) is 0 Å². The van der Waals surface area contributed by atoms with Crippen LogP contribution in [0, 0.1) is 0 Å². The molecule has 0 bridgehead atoms. The Kier molecular flexibility index (Phi) is 3.72. The molecule has 0 heterocycles. The molecule has 0 saturated heterocycles. The van der Waals surface area contributed by atoms with Gasteiger partial charge in [-0.3, -0.25) is 4.52 Å². The summed E-state index contributed by atoms with van der Waals surface area (Å²) in [4.78, 5) is 9.17. The highest BCUT2D eigenvalue weighted by Gasteiger charge is 2.31. The summed E-state index contributed by atoms with van der Waals surface area (Å²) >= 11 is 0. The third-order valence-electron chi connectivity index (χ3n) is 1.66. The summed E-state index contributed by atoms with van der Waals surface area (Å²) in [5.74, 6) is 0. The molecule has 2 N–H and O–H groups in total. The van der Waals surface area contributed by atoms with E-state index in [2.05, 4.69) is 5.09 Å². The third kappa shape index (κ3) is 4.21. The molecule has 1 fully saturated rings. The topological polar surface area (TPSA) is 58.6 Å². The Morgan fingerprint density at radius 2 is 2.33 bits per heavy atom. The average Bonchev–Trinajstić information content (AvgIpc) is 2.71. The van der Waals surface area contributed by atoms with Crippen molar-refractivity contribution in [3.8, 4) is 0 Å². The van der Waals surface area contributed by atoms with E-state index in [1.807, 2.05) is 6.92 Å². The minimum Gasteiger partial charge on any atom is -0.312 e. The summed E-state index contributed by atoms with van der Waals surface area (Å²) in [6.45, 7) is 2.59. The van der Waals surface area contributed by atoms with Gasteiger partial charge in [-0.25, -0.2) is 9.65 Å². The SMILES string of the molecule is CCCCNP(=O)(O)OC1CC1. The van der Waals surface area contributed by atoms with Gasteiger partial charge in [0.15, 0.2) is 0 Å². The molecule has 1 aliphatic carbocycles. The molecular weight excluding hydrogens is 177 g/mol. The van der Waals surface area contributed by atoms with Crippen LogP contribution in [0.2, 0.25) is 0 Å². The zero-order chi connectivity index (χ0) is 9.03. The lowest BCUT2D eigenvalue weighted by atomic mass is 10.3. The Labute approximate surface area is 72.9 Å². The van der Waals surface area contributed by atoms with Gasteiger partial charge >= 0.3 is 7.75 Å². The lowest BCUT2D eigenvalue weighted by Gasteiger charge is -2.11. The van der Waals surface area contributed by atoms with Gasteiger partial charge in [-0.1, -0.05) is 13.3 Å². The van der Waals surface area contributed by atoms with Crippen LogP contribution in [0.15, 0.2) is 0 Å². The molecule has 0 aromatic heterocycles. The molecule has 0 aliphatic heterocycles. The molecular formula is C7H16NO3P. The van der Waals surface area contributed by atoms with Crippen LogP contribution >= 0.6 is 7.75 Å². The fraction of sp³-hybridized carbons (Fsp3) is 1.00. The minimum atomic E-state index is -3.47. The number of hydrogen-bond acceptors (Lipinski definition) is 2. The maximum Gasteiger partial charge on any atom is 0.403 e. The van der Waals surface area contributed by atoms with E-state index in [-0.39, 0.29) is 6.10 Å². The van der Waals surface area contributed by atoms with Gasteiger partial charge in [0.05, 0.1) is 6.10 Å². The molecule has 0 radical (unpaired) electrons. The molecule has 1 saturated carbocycles. The average molecular weight is 193 g/mol. The van der Waals surface area contributed by atoms with E-state index in [0.29, 0.717) is 6.54 Å². The van der Waals surface area contributed by atoms with Gasteiger partial charge in [-0.2, -0.15) is 0 Å². The summed E-state index contributed by atoms with van der Waals surface area (Å²) < 4.78 is 16.1. The molecule has 0 aromatic rings. The standard InChI is InChI=1S/C7H16NO3P/c1-2-3-6-8-12(9,10)11-7-4-5-7/h7H,2-6H2,1H3,(H2,8,9,10). The molecule has 0 aromatic carbocycles. The Hall–Kier alpha value is 0.110. The van der Waals surface area contributed by atoms with Crippen LogP contribution in [0.5, 0.6) is 0 Å². The highest BCUT2D eigenvalue weighted by Crippen LogP contribution is 2.44. The van der Waals surface area contributed by atoms with Crippen molar-refractivity contribution in [2.45, 2.75) is 38.7 Å². The fourth-order valence-corrected chi connectivity index (χ4v) is 1.94. The van der Waals surface area contributed by atoms with Crippen molar-refractivity contribution in [1.29, 1.82) is 0 Å². The molecule has 1 unspecified atom stereocenters. The maximum atomic E-state index is 11.2. The van der Waals surface area contributed by atoms with Crippen molar-refractivity contribution < 1.29 is 14.0 Å². The predicted molar refractivity (Wildman–Crippen MR) is 46.8 cm³/mol. The van der Waals surface area contributed by atoms with Gasteiger partial charge < -0.3 is 4.89 Å². The molecule has 1 aliphatic rings. The molecule has 1 atom stereocenters. The number of hydrogen-bond donors (Lipinski definition) is 2. The lowest BCUT2D eigenvalue weighted by molar-refractivity contribution is 0.239.